The van der Waals surface area contributed by atoms with Gasteiger partial charge >= 0.3 is 0 Å². The molecule has 1 atom stereocenters. The number of carbonyl (C=O) groups is 1. The van der Waals surface area contributed by atoms with E-state index in [1.165, 1.54) is 41.0 Å². The van der Waals surface area contributed by atoms with Gasteiger partial charge < -0.3 is 14.4 Å². The molecule has 1 amide bonds. The first-order valence-corrected chi connectivity index (χ1v) is 14.3. The second-order valence-corrected chi connectivity index (χ2v) is 12.2. The SMILES string of the molecule is COc1nc(C)cc(C)c1CN1CCc2sc(C(C)[C@H]3CC[C@H](N4CC(OC)C4)CC3)c(C)c2C1=O. The highest BCUT2D eigenvalue weighted by Gasteiger charge is 2.37. The van der Waals surface area contributed by atoms with E-state index in [0.29, 0.717) is 30.4 Å². The van der Waals surface area contributed by atoms with Crippen LogP contribution in [0.3, 0.4) is 0 Å². The summed E-state index contributed by atoms with van der Waals surface area (Å²) in [5.41, 5.74) is 5.25. The third kappa shape index (κ3) is 4.70. The Morgan fingerprint density at radius 2 is 1.86 bits per heavy atom. The number of fused-ring (bicyclic) bond motifs is 1. The van der Waals surface area contributed by atoms with E-state index >= 15 is 0 Å². The second kappa shape index (κ2) is 10.4. The number of ether oxygens (including phenoxy) is 2. The van der Waals surface area contributed by atoms with Crippen LogP contribution in [0.4, 0.5) is 0 Å². The number of methoxy groups -OCH3 is 2. The molecular weight excluding hydrogens is 470 g/mol. The topological polar surface area (TPSA) is 54.9 Å². The van der Waals surface area contributed by atoms with Gasteiger partial charge in [0, 0.05) is 60.2 Å². The van der Waals surface area contributed by atoms with Crippen molar-refractivity contribution in [1.82, 2.24) is 14.8 Å². The van der Waals surface area contributed by atoms with Gasteiger partial charge in [-0.2, -0.15) is 0 Å². The Morgan fingerprint density at radius 1 is 1.14 bits per heavy atom. The fourth-order valence-corrected chi connectivity index (χ4v) is 8.04. The first-order chi connectivity index (χ1) is 17.3. The van der Waals surface area contributed by atoms with Crippen LogP contribution in [0.25, 0.3) is 0 Å². The lowest BCUT2D eigenvalue weighted by molar-refractivity contribution is -0.0600. The summed E-state index contributed by atoms with van der Waals surface area (Å²) in [6.07, 6.45) is 6.50. The van der Waals surface area contributed by atoms with Crippen molar-refractivity contribution in [1.29, 1.82) is 0 Å². The molecule has 2 fully saturated rings. The van der Waals surface area contributed by atoms with Crippen molar-refractivity contribution in [3.05, 3.63) is 43.8 Å². The highest BCUT2D eigenvalue weighted by atomic mass is 32.1. The fraction of sp³-hybridized carbons (Fsp3) is 0.655. The summed E-state index contributed by atoms with van der Waals surface area (Å²) in [4.78, 5) is 25.6. The molecule has 6 nitrogen and oxygen atoms in total. The van der Waals surface area contributed by atoms with E-state index in [2.05, 4.69) is 36.7 Å². The number of amides is 1. The Morgan fingerprint density at radius 3 is 2.53 bits per heavy atom. The average molecular weight is 512 g/mol. The number of pyridine rings is 1. The molecule has 5 rings (SSSR count). The molecule has 3 aliphatic rings. The van der Waals surface area contributed by atoms with Crippen molar-refractivity contribution in [2.75, 3.05) is 33.9 Å². The fourth-order valence-electron chi connectivity index (χ4n) is 6.61. The molecule has 1 unspecified atom stereocenters. The van der Waals surface area contributed by atoms with Crippen LogP contribution in [0.1, 0.15) is 81.0 Å². The number of aromatic nitrogens is 1. The number of hydrogen-bond donors (Lipinski definition) is 0. The highest BCUT2D eigenvalue weighted by molar-refractivity contribution is 7.12. The van der Waals surface area contributed by atoms with Gasteiger partial charge in [-0.3, -0.25) is 9.69 Å². The summed E-state index contributed by atoms with van der Waals surface area (Å²) in [5, 5.41) is 0. The minimum absolute atomic E-state index is 0.166. The van der Waals surface area contributed by atoms with Crippen LogP contribution >= 0.6 is 11.3 Å². The quantitative estimate of drug-likeness (QED) is 0.507. The predicted molar refractivity (Wildman–Crippen MR) is 144 cm³/mol. The highest BCUT2D eigenvalue weighted by Crippen LogP contribution is 2.44. The molecule has 196 valence electrons. The van der Waals surface area contributed by atoms with E-state index in [4.69, 9.17) is 9.47 Å². The summed E-state index contributed by atoms with van der Waals surface area (Å²) >= 11 is 1.90. The third-order valence-corrected chi connectivity index (χ3v) is 10.5. The number of hydrogen-bond acceptors (Lipinski definition) is 6. The van der Waals surface area contributed by atoms with Gasteiger partial charge in [-0.25, -0.2) is 4.98 Å². The molecule has 0 bridgehead atoms. The molecule has 1 aliphatic carbocycles. The van der Waals surface area contributed by atoms with Gasteiger partial charge in [0.2, 0.25) is 5.88 Å². The maximum atomic E-state index is 13.7. The van der Waals surface area contributed by atoms with Gasteiger partial charge in [0.15, 0.2) is 0 Å². The second-order valence-electron chi connectivity index (χ2n) is 11.1. The van der Waals surface area contributed by atoms with Gasteiger partial charge in [0.1, 0.15) is 0 Å². The van der Waals surface area contributed by atoms with Crippen LogP contribution in [0.5, 0.6) is 5.88 Å². The van der Waals surface area contributed by atoms with Gasteiger partial charge in [-0.1, -0.05) is 6.92 Å². The molecule has 0 radical (unpaired) electrons. The van der Waals surface area contributed by atoms with E-state index in [-0.39, 0.29) is 5.91 Å². The molecule has 4 heterocycles. The minimum atomic E-state index is 0.166. The number of rotatable bonds is 7. The standard InChI is InChI=1S/C29H41N3O3S/c1-17-13-18(2)30-28(35-6)24(17)16-31-12-11-25-26(29(31)33)20(4)27(36-25)19(3)21-7-9-22(10-8-21)32-14-23(15-32)34-5/h13,19,21-23H,7-12,14-16H2,1-6H3/t19?,21-,22-. The van der Waals surface area contributed by atoms with Crippen molar-refractivity contribution >= 4 is 17.2 Å². The van der Waals surface area contributed by atoms with Crippen molar-refractivity contribution in [2.45, 2.75) is 84.4 Å². The van der Waals surface area contributed by atoms with Crippen molar-refractivity contribution < 1.29 is 14.3 Å². The Kier molecular flexibility index (Phi) is 7.44. The van der Waals surface area contributed by atoms with E-state index in [1.54, 1.807) is 7.11 Å². The Bertz CT molecular complexity index is 1120. The summed E-state index contributed by atoms with van der Waals surface area (Å²) in [6, 6.07) is 2.80. The van der Waals surface area contributed by atoms with Gasteiger partial charge in [-0.15, -0.1) is 11.3 Å². The number of thiophene rings is 1. The molecule has 0 aromatic carbocycles. The monoisotopic (exact) mass is 511 g/mol. The molecule has 2 aliphatic heterocycles. The smallest absolute Gasteiger partial charge is 0.255 e. The summed E-state index contributed by atoms with van der Waals surface area (Å²) in [6.45, 7) is 12.1. The van der Waals surface area contributed by atoms with Crippen LogP contribution in [-0.4, -0.2) is 66.7 Å². The first-order valence-electron chi connectivity index (χ1n) is 13.5. The Balaban J connectivity index is 1.27. The number of likely N-dealkylation sites (tertiary alicyclic amines) is 1. The zero-order valence-electron chi connectivity index (χ0n) is 22.7. The molecule has 0 spiro atoms. The number of nitrogens with zero attached hydrogens (tertiary/aromatic N) is 3. The molecule has 1 saturated carbocycles. The lowest BCUT2D eigenvalue weighted by Gasteiger charge is -2.46. The van der Waals surface area contributed by atoms with Gasteiger partial charge in [0.05, 0.1) is 25.3 Å². The molecule has 1 saturated heterocycles. The number of carbonyl (C=O) groups excluding carboxylic acids is 1. The molecule has 36 heavy (non-hydrogen) atoms. The zero-order chi connectivity index (χ0) is 25.6. The summed E-state index contributed by atoms with van der Waals surface area (Å²) in [5.74, 6) is 2.01. The maximum Gasteiger partial charge on any atom is 0.255 e. The van der Waals surface area contributed by atoms with Crippen LogP contribution in [-0.2, 0) is 17.7 Å². The lowest BCUT2D eigenvalue weighted by atomic mass is 9.76. The first kappa shape index (κ1) is 25.7. The summed E-state index contributed by atoms with van der Waals surface area (Å²) in [7, 11) is 3.48. The summed E-state index contributed by atoms with van der Waals surface area (Å²) < 4.78 is 11.0. The minimum Gasteiger partial charge on any atom is -0.481 e. The van der Waals surface area contributed by atoms with E-state index < -0.39 is 0 Å². The maximum absolute atomic E-state index is 13.7. The van der Waals surface area contributed by atoms with Crippen molar-refractivity contribution in [2.24, 2.45) is 5.92 Å². The number of aryl methyl sites for hydroxylation is 2. The van der Waals surface area contributed by atoms with Crippen LogP contribution in [0.2, 0.25) is 0 Å². The largest absolute Gasteiger partial charge is 0.481 e. The average Bonchev–Trinajstić information content (AvgIpc) is 3.18. The van der Waals surface area contributed by atoms with Crippen LogP contribution < -0.4 is 4.74 Å². The van der Waals surface area contributed by atoms with Crippen molar-refractivity contribution in [3.63, 3.8) is 0 Å². The normalized spacial score (nSPS) is 23.9. The molecule has 2 aromatic heterocycles. The third-order valence-electron chi connectivity index (χ3n) is 8.93. The van der Waals surface area contributed by atoms with E-state index in [9.17, 15) is 4.79 Å². The van der Waals surface area contributed by atoms with Gasteiger partial charge in [-0.05, 0) is 75.5 Å². The molecule has 2 aromatic rings. The van der Waals surface area contributed by atoms with Crippen LogP contribution in [0, 0.1) is 26.7 Å². The molecule has 0 N–H and O–H groups in total. The lowest BCUT2D eigenvalue weighted by Crippen LogP contribution is -2.56. The molecule has 7 heteroatoms. The Labute approximate surface area is 220 Å². The molecular formula is C29H41N3O3S. The van der Waals surface area contributed by atoms with Crippen molar-refractivity contribution in [3.8, 4) is 5.88 Å². The van der Waals surface area contributed by atoms with E-state index in [0.717, 1.165) is 54.5 Å². The van der Waals surface area contributed by atoms with Gasteiger partial charge in [0.25, 0.3) is 5.91 Å². The Hall–Kier alpha value is -1.96. The zero-order valence-corrected chi connectivity index (χ0v) is 23.5. The predicted octanol–water partition coefficient (Wildman–Crippen LogP) is 5.27. The van der Waals surface area contributed by atoms with Crippen LogP contribution in [0.15, 0.2) is 6.07 Å². The van der Waals surface area contributed by atoms with E-state index in [1.807, 2.05) is 30.3 Å².